The molecule has 0 bridgehead atoms. The van der Waals surface area contributed by atoms with Crippen LogP contribution in [0.5, 0.6) is 11.5 Å². The van der Waals surface area contributed by atoms with E-state index in [9.17, 15) is 0 Å². The van der Waals surface area contributed by atoms with Gasteiger partial charge in [-0.05, 0) is 56.1 Å². The highest BCUT2D eigenvalue weighted by Gasteiger charge is 2.09. The standard InChI is InChI=1S/C20H25NO2/c1-17-7-9-19(10-8-17)23-20-6-2-4-18(16-20)5-3-11-21-12-14-22-15-13-21/h2,4,6-10,16H,3,5,11-15H2,1H3. The smallest absolute Gasteiger partial charge is 0.127 e. The van der Waals surface area contributed by atoms with Gasteiger partial charge in [0.2, 0.25) is 0 Å². The maximum atomic E-state index is 5.94. The third kappa shape index (κ3) is 5.08. The van der Waals surface area contributed by atoms with Gasteiger partial charge < -0.3 is 9.47 Å². The molecular formula is C20H25NO2. The summed E-state index contributed by atoms with van der Waals surface area (Å²) in [7, 11) is 0. The third-order valence-electron chi connectivity index (χ3n) is 4.20. The SMILES string of the molecule is Cc1ccc(Oc2cccc(CCCN3CCOCC3)c2)cc1. The fourth-order valence-corrected chi connectivity index (χ4v) is 2.84. The molecule has 0 aliphatic carbocycles. The Hall–Kier alpha value is -1.84. The van der Waals surface area contributed by atoms with Crippen molar-refractivity contribution in [2.24, 2.45) is 0 Å². The second-order valence-electron chi connectivity index (χ2n) is 6.12. The molecule has 2 aromatic carbocycles. The molecule has 122 valence electrons. The number of aryl methyl sites for hydroxylation is 2. The number of ether oxygens (including phenoxy) is 2. The van der Waals surface area contributed by atoms with Crippen LogP contribution in [0.15, 0.2) is 48.5 Å². The zero-order chi connectivity index (χ0) is 15.9. The van der Waals surface area contributed by atoms with Crippen LogP contribution in [0.4, 0.5) is 0 Å². The van der Waals surface area contributed by atoms with Crippen molar-refractivity contribution < 1.29 is 9.47 Å². The summed E-state index contributed by atoms with van der Waals surface area (Å²) < 4.78 is 11.3. The van der Waals surface area contributed by atoms with Crippen molar-refractivity contribution in [3.8, 4) is 11.5 Å². The molecule has 2 aromatic rings. The minimum absolute atomic E-state index is 0.875. The predicted octanol–water partition coefficient (Wildman–Crippen LogP) is 4.05. The van der Waals surface area contributed by atoms with Crippen molar-refractivity contribution in [2.75, 3.05) is 32.8 Å². The molecule has 1 heterocycles. The number of morpholine rings is 1. The van der Waals surface area contributed by atoms with E-state index in [1.165, 1.54) is 17.5 Å². The molecule has 23 heavy (non-hydrogen) atoms. The van der Waals surface area contributed by atoms with Gasteiger partial charge in [0.05, 0.1) is 13.2 Å². The van der Waals surface area contributed by atoms with Crippen LogP contribution in [0, 0.1) is 6.92 Å². The Kier molecular flexibility index (Phi) is 5.67. The molecule has 0 N–H and O–H groups in total. The Morgan fingerprint density at radius 2 is 1.78 bits per heavy atom. The number of hydrogen-bond donors (Lipinski definition) is 0. The molecule has 0 unspecified atom stereocenters. The number of hydrogen-bond acceptors (Lipinski definition) is 3. The molecule has 1 aliphatic heterocycles. The van der Waals surface area contributed by atoms with Crippen LogP contribution in [0.25, 0.3) is 0 Å². The summed E-state index contributed by atoms with van der Waals surface area (Å²) >= 11 is 0. The summed E-state index contributed by atoms with van der Waals surface area (Å²) in [6, 6.07) is 16.6. The van der Waals surface area contributed by atoms with Crippen molar-refractivity contribution in [3.63, 3.8) is 0 Å². The van der Waals surface area contributed by atoms with Crippen LogP contribution in [0.1, 0.15) is 17.5 Å². The summed E-state index contributed by atoms with van der Waals surface area (Å²) in [5.74, 6) is 1.80. The average Bonchev–Trinajstić information content (AvgIpc) is 2.58. The Balaban J connectivity index is 1.51. The quantitative estimate of drug-likeness (QED) is 0.803. The van der Waals surface area contributed by atoms with Gasteiger partial charge in [0.1, 0.15) is 11.5 Å². The summed E-state index contributed by atoms with van der Waals surface area (Å²) in [6.07, 6.45) is 2.26. The molecule has 0 radical (unpaired) electrons. The van der Waals surface area contributed by atoms with Crippen molar-refractivity contribution in [1.29, 1.82) is 0 Å². The monoisotopic (exact) mass is 311 g/mol. The fraction of sp³-hybridized carbons (Fsp3) is 0.400. The molecule has 1 saturated heterocycles. The van der Waals surface area contributed by atoms with Crippen LogP contribution in [-0.4, -0.2) is 37.7 Å². The molecule has 1 aliphatic rings. The third-order valence-corrected chi connectivity index (χ3v) is 4.20. The first-order valence-corrected chi connectivity index (χ1v) is 8.43. The number of nitrogens with zero attached hydrogens (tertiary/aromatic N) is 1. The first-order valence-electron chi connectivity index (χ1n) is 8.43. The Morgan fingerprint density at radius 1 is 1.00 bits per heavy atom. The van der Waals surface area contributed by atoms with E-state index < -0.39 is 0 Å². The van der Waals surface area contributed by atoms with Crippen LogP contribution in [0.3, 0.4) is 0 Å². The van der Waals surface area contributed by atoms with Crippen molar-refractivity contribution in [2.45, 2.75) is 19.8 Å². The highest BCUT2D eigenvalue weighted by Crippen LogP contribution is 2.23. The van der Waals surface area contributed by atoms with Crippen LogP contribution >= 0.6 is 0 Å². The van der Waals surface area contributed by atoms with E-state index in [1.54, 1.807) is 0 Å². The Morgan fingerprint density at radius 3 is 2.57 bits per heavy atom. The maximum Gasteiger partial charge on any atom is 0.127 e. The van der Waals surface area contributed by atoms with Gasteiger partial charge in [-0.15, -0.1) is 0 Å². The van der Waals surface area contributed by atoms with E-state index >= 15 is 0 Å². The van der Waals surface area contributed by atoms with Gasteiger partial charge in [-0.2, -0.15) is 0 Å². The minimum Gasteiger partial charge on any atom is -0.457 e. The zero-order valence-corrected chi connectivity index (χ0v) is 13.8. The molecule has 0 amide bonds. The van der Waals surface area contributed by atoms with Crippen LogP contribution in [-0.2, 0) is 11.2 Å². The van der Waals surface area contributed by atoms with E-state index in [1.807, 2.05) is 18.2 Å². The Labute approximate surface area is 138 Å². The summed E-state index contributed by atoms with van der Waals surface area (Å²) in [6.45, 7) is 7.11. The van der Waals surface area contributed by atoms with Gasteiger partial charge in [-0.1, -0.05) is 29.8 Å². The van der Waals surface area contributed by atoms with Gasteiger partial charge in [0.25, 0.3) is 0 Å². The van der Waals surface area contributed by atoms with E-state index in [0.29, 0.717) is 0 Å². The maximum absolute atomic E-state index is 5.94. The van der Waals surface area contributed by atoms with Crippen LogP contribution in [0.2, 0.25) is 0 Å². The fourth-order valence-electron chi connectivity index (χ4n) is 2.84. The molecule has 1 fully saturated rings. The molecule has 3 heteroatoms. The lowest BCUT2D eigenvalue weighted by molar-refractivity contribution is 0.0375. The second kappa shape index (κ2) is 8.14. The average molecular weight is 311 g/mol. The summed E-state index contributed by atoms with van der Waals surface area (Å²) in [5.41, 5.74) is 2.58. The molecule has 0 aromatic heterocycles. The predicted molar refractivity (Wildman–Crippen MR) is 93.3 cm³/mol. The zero-order valence-electron chi connectivity index (χ0n) is 13.8. The minimum atomic E-state index is 0.875. The second-order valence-corrected chi connectivity index (χ2v) is 6.12. The number of rotatable bonds is 6. The molecule has 0 saturated carbocycles. The van der Waals surface area contributed by atoms with E-state index in [2.05, 4.69) is 42.2 Å². The Bertz CT molecular complexity index is 603. The lowest BCUT2D eigenvalue weighted by atomic mass is 10.1. The molecule has 3 nitrogen and oxygen atoms in total. The normalized spacial score (nSPS) is 15.5. The van der Waals surface area contributed by atoms with Gasteiger partial charge in [-0.3, -0.25) is 4.90 Å². The van der Waals surface area contributed by atoms with Crippen molar-refractivity contribution >= 4 is 0 Å². The highest BCUT2D eigenvalue weighted by molar-refractivity contribution is 5.35. The van der Waals surface area contributed by atoms with Crippen molar-refractivity contribution in [1.82, 2.24) is 4.90 Å². The topological polar surface area (TPSA) is 21.7 Å². The molecule has 0 spiro atoms. The first-order chi connectivity index (χ1) is 11.3. The summed E-state index contributed by atoms with van der Waals surface area (Å²) in [5, 5.41) is 0. The van der Waals surface area contributed by atoms with Gasteiger partial charge >= 0.3 is 0 Å². The van der Waals surface area contributed by atoms with E-state index in [0.717, 1.165) is 50.8 Å². The van der Waals surface area contributed by atoms with Gasteiger partial charge in [0.15, 0.2) is 0 Å². The van der Waals surface area contributed by atoms with Gasteiger partial charge in [-0.25, -0.2) is 0 Å². The molecule has 0 atom stereocenters. The van der Waals surface area contributed by atoms with Gasteiger partial charge in [0, 0.05) is 13.1 Å². The van der Waals surface area contributed by atoms with Crippen LogP contribution < -0.4 is 4.74 Å². The lowest BCUT2D eigenvalue weighted by Gasteiger charge is -2.26. The lowest BCUT2D eigenvalue weighted by Crippen LogP contribution is -2.36. The van der Waals surface area contributed by atoms with E-state index in [4.69, 9.17) is 9.47 Å². The van der Waals surface area contributed by atoms with E-state index in [-0.39, 0.29) is 0 Å². The summed E-state index contributed by atoms with van der Waals surface area (Å²) in [4.78, 5) is 2.48. The number of benzene rings is 2. The molecular weight excluding hydrogens is 286 g/mol. The molecule has 3 rings (SSSR count). The van der Waals surface area contributed by atoms with Crippen molar-refractivity contribution in [3.05, 3.63) is 59.7 Å². The largest absolute Gasteiger partial charge is 0.457 e. The first kappa shape index (κ1) is 16.0. The highest BCUT2D eigenvalue weighted by atomic mass is 16.5.